The Bertz CT molecular complexity index is 1490. The number of carboxylic acids is 1. The lowest BCUT2D eigenvalue weighted by Gasteiger charge is -2.36. The van der Waals surface area contributed by atoms with Crippen LogP contribution in [-0.2, 0) is 13.2 Å². The lowest BCUT2D eigenvalue weighted by Crippen LogP contribution is -2.47. The number of rotatable bonds is 7. The predicted octanol–water partition coefficient (Wildman–Crippen LogP) is 3.02. The van der Waals surface area contributed by atoms with Gasteiger partial charge in [0.1, 0.15) is 11.4 Å². The van der Waals surface area contributed by atoms with Gasteiger partial charge in [-0.15, -0.1) is 5.10 Å². The van der Waals surface area contributed by atoms with Gasteiger partial charge in [0.15, 0.2) is 0 Å². The third-order valence-corrected chi connectivity index (χ3v) is 8.67. The molecule has 10 nitrogen and oxygen atoms in total. The Kier molecular flexibility index (Phi) is 7.01. The van der Waals surface area contributed by atoms with Gasteiger partial charge in [-0.25, -0.2) is 13.9 Å². The number of pyridine rings is 1. The lowest BCUT2D eigenvalue weighted by atomic mass is 10.1. The van der Waals surface area contributed by atoms with Crippen molar-refractivity contribution in [1.82, 2.24) is 24.1 Å². The molecule has 6 rings (SSSR count). The smallest absolute Gasteiger partial charge is 0.341 e. The molecule has 0 bridgehead atoms. The van der Waals surface area contributed by atoms with Crippen LogP contribution in [0.2, 0.25) is 0 Å². The van der Waals surface area contributed by atoms with E-state index in [-0.39, 0.29) is 17.0 Å². The van der Waals surface area contributed by atoms with Crippen molar-refractivity contribution in [2.24, 2.45) is 0 Å². The zero-order chi connectivity index (χ0) is 26.4. The summed E-state index contributed by atoms with van der Waals surface area (Å²) >= 11 is 7.36. The van der Waals surface area contributed by atoms with Gasteiger partial charge in [0.2, 0.25) is 11.3 Å². The van der Waals surface area contributed by atoms with Crippen molar-refractivity contribution in [2.75, 3.05) is 55.7 Å². The van der Waals surface area contributed by atoms with E-state index in [1.807, 2.05) is 21.2 Å². The highest BCUT2D eigenvalue weighted by Crippen LogP contribution is 2.38. The van der Waals surface area contributed by atoms with Crippen LogP contribution in [0.15, 0.2) is 27.5 Å². The minimum Gasteiger partial charge on any atom is -0.477 e. The van der Waals surface area contributed by atoms with E-state index in [0.717, 1.165) is 37.4 Å². The van der Waals surface area contributed by atoms with Gasteiger partial charge < -0.3 is 19.0 Å². The van der Waals surface area contributed by atoms with Gasteiger partial charge in [-0.05, 0) is 37.2 Å². The third-order valence-electron chi connectivity index (χ3n) is 7.43. The molecule has 3 aromatic rings. The van der Waals surface area contributed by atoms with Crippen LogP contribution in [0.5, 0.6) is 0 Å². The van der Waals surface area contributed by atoms with Crippen molar-refractivity contribution < 1.29 is 18.7 Å². The van der Waals surface area contributed by atoms with Gasteiger partial charge in [-0.1, -0.05) is 0 Å². The van der Waals surface area contributed by atoms with Gasteiger partial charge in [-0.3, -0.25) is 14.6 Å². The standard InChI is InChI=1S/C25H29FN6O4S2/c26-19-11-17-20(31(16-1-2-16)13-18(23(17)33)24(34)35)12-21(19)30-5-3-29(4-6-30)15-32-25(37)36-22(27-32)14-28-7-9-38-10-8-28/h11-13,16H,1-10,14-15H2,(H,34,35). The highest BCUT2D eigenvalue weighted by molar-refractivity contribution is 7.99. The van der Waals surface area contributed by atoms with Crippen LogP contribution in [0.1, 0.15) is 35.1 Å². The number of fused-ring (bicyclic) bond motifs is 1. The Morgan fingerprint density at radius 3 is 2.55 bits per heavy atom. The van der Waals surface area contributed by atoms with Crippen LogP contribution in [-0.4, -0.2) is 86.0 Å². The highest BCUT2D eigenvalue weighted by atomic mass is 32.2. The van der Waals surface area contributed by atoms with E-state index in [0.29, 0.717) is 61.3 Å². The Morgan fingerprint density at radius 2 is 1.87 bits per heavy atom. The molecular formula is C25H29FN6O4S2. The number of aromatic carboxylic acids is 1. The topological polar surface area (TPSA) is 100.0 Å². The van der Waals surface area contributed by atoms with Crippen molar-refractivity contribution in [1.29, 1.82) is 0 Å². The quantitative estimate of drug-likeness (QED) is 0.434. The van der Waals surface area contributed by atoms with Gasteiger partial charge in [0.05, 0.1) is 24.4 Å². The number of piperazine rings is 1. The number of carbonyl (C=O) groups is 1. The maximum absolute atomic E-state index is 15.3. The summed E-state index contributed by atoms with van der Waals surface area (Å²) in [5, 5.41) is 14.2. The largest absolute Gasteiger partial charge is 0.477 e. The van der Waals surface area contributed by atoms with E-state index in [4.69, 9.17) is 16.6 Å². The van der Waals surface area contributed by atoms with Gasteiger partial charge in [0, 0.05) is 68.4 Å². The summed E-state index contributed by atoms with van der Waals surface area (Å²) in [6.07, 6.45) is 3.22. The minimum absolute atomic E-state index is 0.108. The molecule has 3 fully saturated rings. The van der Waals surface area contributed by atoms with Crippen LogP contribution in [0.4, 0.5) is 10.1 Å². The number of thioether (sulfide) groups is 1. The Hall–Kier alpha value is -2.74. The summed E-state index contributed by atoms with van der Waals surface area (Å²) in [6, 6.07) is 3.03. The first-order valence-corrected chi connectivity index (χ1v) is 14.4. The van der Waals surface area contributed by atoms with E-state index < -0.39 is 17.2 Å². The number of halogens is 1. The molecule has 1 aliphatic carbocycles. The van der Waals surface area contributed by atoms with Gasteiger partial charge in [-0.2, -0.15) is 11.8 Å². The molecule has 0 atom stereocenters. The second kappa shape index (κ2) is 10.4. The average Bonchev–Trinajstić information content (AvgIpc) is 3.69. The number of anilines is 1. The second-order valence-electron chi connectivity index (χ2n) is 10.0. The molecule has 13 heteroatoms. The number of benzene rings is 1. The van der Waals surface area contributed by atoms with E-state index >= 15 is 4.39 Å². The molecule has 4 heterocycles. The molecule has 0 unspecified atom stereocenters. The summed E-state index contributed by atoms with van der Waals surface area (Å²) < 4.78 is 24.5. The summed E-state index contributed by atoms with van der Waals surface area (Å²) in [5.74, 6) is 1.05. The summed E-state index contributed by atoms with van der Waals surface area (Å²) in [6.45, 7) is 5.74. The molecule has 1 aromatic carbocycles. The second-order valence-corrected chi connectivity index (χ2v) is 11.6. The molecule has 1 saturated carbocycles. The van der Waals surface area contributed by atoms with Crippen LogP contribution in [0.3, 0.4) is 0 Å². The summed E-state index contributed by atoms with van der Waals surface area (Å²) in [4.78, 5) is 31.2. The number of hydrogen-bond donors (Lipinski definition) is 1. The molecule has 3 aliphatic rings. The SMILES string of the molecule is O=C(O)c1cn(C2CC2)c2cc(N3CCN(Cn4nc(CN5CCSCC5)oc4=S)CC3)c(F)cc2c1=O. The molecule has 0 radical (unpaired) electrons. The Morgan fingerprint density at radius 1 is 1.13 bits per heavy atom. The molecule has 0 spiro atoms. The normalized spacial score (nSPS) is 19.3. The molecule has 38 heavy (non-hydrogen) atoms. The van der Waals surface area contributed by atoms with E-state index in [1.165, 1.54) is 12.3 Å². The highest BCUT2D eigenvalue weighted by Gasteiger charge is 2.29. The van der Waals surface area contributed by atoms with Gasteiger partial charge >= 0.3 is 5.97 Å². The number of hydrogen-bond acceptors (Lipinski definition) is 9. The molecule has 2 aliphatic heterocycles. The Balaban J connectivity index is 1.16. The molecule has 2 saturated heterocycles. The van der Waals surface area contributed by atoms with Crippen molar-refractivity contribution >= 4 is 46.5 Å². The van der Waals surface area contributed by atoms with Crippen LogP contribution >= 0.6 is 24.0 Å². The fourth-order valence-corrected chi connectivity index (χ4v) is 6.35. The predicted molar refractivity (Wildman–Crippen MR) is 145 cm³/mol. The minimum atomic E-state index is -1.29. The van der Waals surface area contributed by atoms with Gasteiger partial charge in [0.25, 0.3) is 4.84 Å². The van der Waals surface area contributed by atoms with E-state index in [2.05, 4.69) is 14.9 Å². The molecular weight excluding hydrogens is 531 g/mol. The first-order valence-electron chi connectivity index (χ1n) is 12.8. The van der Waals surface area contributed by atoms with Crippen molar-refractivity contribution in [3.05, 3.63) is 50.7 Å². The van der Waals surface area contributed by atoms with Crippen molar-refractivity contribution in [2.45, 2.75) is 32.1 Å². The van der Waals surface area contributed by atoms with E-state index in [9.17, 15) is 14.7 Å². The number of carboxylic acid groups (broad SMARTS) is 1. The summed E-state index contributed by atoms with van der Waals surface area (Å²) in [7, 11) is 0. The fraction of sp³-hybridized carbons (Fsp3) is 0.520. The van der Waals surface area contributed by atoms with Crippen molar-refractivity contribution in [3.63, 3.8) is 0 Å². The van der Waals surface area contributed by atoms with Crippen LogP contribution < -0.4 is 10.3 Å². The molecule has 1 N–H and O–H groups in total. The Labute approximate surface area is 227 Å². The zero-order valence-electron chi connectivity index (χ0n) is 20.8. The fourth-order valence-electron chi connectivity index (χ4n) is 5.18. The molecule has 0 amide bonds. The van der Waals surface area contributed by atoms with Crippen LogP contribution in [0, 0.1) is 10.7 Å². The maximum atomic E-state index is 15.3. The monoisotopic (exact) mass is 560 g/mol. The third kappa shape index (κ3) is 5.12. The lowest BCUT2D eigenvalue weighted by molar-refractivity contribution is 0.0695. The average molecular weight is 561 g/mol. The first kappa shape index (κ1) is 25.5. The number of aromatic nitrogens is 3. The van der Waals surface area contributed by atoms with E-state index in [1.54, 1.807) is 10.7 Å². The van der Waals surface area contributed by atoms with Crippen LogP contribution in [0.25, 0.3) is 10.9 Å². The molecule has 2 aromatic heterocycles. The molecule has 202 valence electrons. The number of nitrogens with zero attached hydrogens (tertiary/aromatic N) is 6. The maximum Gasteiger partial charge on any atom is 0.341 e. The van der Waals surface area contributed by atoms with Crippen molar-refractivity contribution in [3.8, 4) is 0 Å². The zero-order valence-corrected chi connectivity index (χ0v) is 22.5. The first-order chi connectivity index (χ1) is 18.4. The summed E-state index contributed by atoms with van der Waals surface area (Å²) in [5.41, 5.74) is 0.0291.